The zero-order chi connectivity index (χ0) is 17.4. The van der Waals surface area contributed by atoms with Crippen molar-refractivity contribution in [3.05, 3.63) is 29.8 Å². The van der Waals surface area contributed by atoms with E-state index in [-0.39, 0.29) is 24.6 Å². The highest BCUT2D eigenvalue weighted by atomic mass is 16.5. The molecule has 0 radical (unpaired) electrons. The van der Waals surface area contributed by atoms with Gasteiger partial charge in [-0.15, -0.1) is 0 Å². The van der Waals surface area contributed by atoms with Crippen LogP contribution < -0.4 is 15.4 Å². The number of nitrogens with zero attached hydrogens (tertiary/aromatic N) is 1. The Hall–Kier alpha value is -2.24. The van der Waals surface area contributed by atoms with Crippen LogP contribution in [0, 0.1) is 6.92 Å². The summed E-state index contributed by atoms with van der Waals surface area (Å²) in [6.07, 6.45) is 2.48. The SMILES string of the molecule is CCCNC(=O)N1CCC(NC(=O)COc2cccc(C)c2)CC1. The third kappa shape index (κ3) is 5.76. The Balaban J connectivity index is 1.67. The zero-order valence-electron chi connectivity index (χ0n) is 14.5. The van der Waals surface area contributed by atoms with Gasteiger partial charge in [0, 0.05) is 25.7 Å². The lowest BCUT2D eigenvalue weighted by molar-refractivity contribution is -0.124. The Labute approximate surface area is 143 Å². The van der Waals surface area contributed by atoms with Crippen LogP contribution in [-0.2, 0) is 4.79 Å². The summed E-state index contributed by atoms with van der Waals surface area (Å²) in [5, 5.41) is 5.86. The molecule has 1 aliphatic rings. The van der Waals surface area contributed by atoms with Gasteiger partial charge in [0.1, 0.15) is 5.75 Å². The molecule has 132 valence electrons. The summed E-state index contributed by atoms with van der Waals surface area (Å²) in [7, 11) is 0. The molecule has 1 heterocycles. The van der Waals surface area contributed by atoms with E-state index in [4.69, 9.17) is 4.74 Å². The van der Waals surface area contributed by atoms with E-state index in [0.717, 1.165) is 24.8 Å². The van der Waals surface area contributed by atoms with Gasteiger partial charge in [0.2, 0.25) is 0 Å². The fourth-order valence-electron chi connectivity index (χ4n) is 2.69. The van der Waals surface area contributed by atoms with E-state index in [2.05, 4.69) is 10.6 Å². The lowest BCUT2D eigenvalue weighted by Crippen LogP contribution is -2.50. The van der Waals surface area contributed by atoms with Crippen LogP contribution in [0.1, 0.15) is 31.7 Å². The summed E-state index contributed by atoms with van der Waals surface area (Å²) in [6.45, 7) is 6.06. The lowest BCUT2D eigenvalue weighted by atomic mass is 10.1. The van der Waals surface area contributed by atoms with Crippen LogP contribution in [0.3, 0.4) is 0 Å². The maximum absolute atomic E-state index is 12.0. The maximum Gasteiger partial charge on any atom is 0.317 e. The molecule has 0 saturated carbocycles. The molecule has 0 spiro atoms. The number of ether oxygens (including phenoxy) is 1. The number of hydrogen-bond donors (Lipinski definition) is 2. The standard InChI is InChI=1S/C18H27N3O3/c1-3-9-19-18(23)21-10-7-15(8-11-21)20-17(22)13-24-16-6-4-5-14(2)12-16/h4-6,12,15H,3,7-11,13H2,1-2H3,(H,19,23)(H,20,22). The highest BCUT2D eigenvalue weighted by Gasteiger charge is 2.23. The van der Waals surface area contributed by atoms with Crippen molar-refractivity contribution < 1.29 is 14.3 Å². The van der Waals surface area contributed by atoms with Crippen LogP contribution >= 0.6 is 0 Å². The van der Waals surface area contributed by atoms with E-state index in [0.29, 0.717) is 25.4 Å². The largest absolute Gasteiger partial charge is 0.484 e. The molecule has 0 aliphatic carbocycles. The first kappa shape index (κ1) is 18.1. The van der Waals surface area contributed by atoms with Gasteiger partial charge in [-0.05, 0) is 43.9 Å². The van der Waals surface area contributed by atoms with Gasteiger partial charge in [0.05, 0.1) is 0 Å². The topological polar surface area (TPSA) is 70.7 Å². The molecular weight excluding hydrogens is 306 g/mol. The summed E-state index contributed by atoms with van der Waals surface area (Å²) in [4.78, 5) is 25.7. The number of piperidine rings is 1. The summed E-state index contributed by atoms with van der Waals surface area (Å²) >= 11 is 0. The third-order valence-corrected chi connectivity index (χ3v) is 4.03. The molecule has 6 nitrogen and oxygen atoms in total. The second-order valence-electron chi connectivity index (χ2n) is 6.17. The third-order valence-electron chi connectivity index (χ3n) is 4.03. The van der Waals surface area contributed by atoms with Gasteiger partial charge in [-0.25, -0.2) is 4.79 Å². The van der Waals surface area contributed by atoms with E-state index in [9.17, 15) is 9.59 Å². The minimum atomic E-state index is -0.120. The molecule has 6 heteroatoms. The Morgan fingerprint density at radius 3 is 2.71 bits per heavy atom. The summed E-state index contributed by atoms with van der Waals surface area (Å²) in [5.74, 6) is 0.581. The van der Waals surface area contributed by atoms with Crippen LogP contribution in [0.4, 0.5) is 4.79 Å². The lowest BCUT2D eigenvalue weighted by Gasteiger charge is -2.32. The van der Waals surface area contributed by atoms with E-state index < -0.39 is 0 Å². The summed E-state index contributed by atoms with van der Waals surface area (Å²) in [6, 6.07) is 7.73. The molecule has 0 aromatic heterocycles. The van der Waals surface area contributed by atoms with Crippen molar-refractivity contribution in [3.63, 3.8) is 0 Å². The molecule has 24 heavy (non-hydrogen) atoms. The average Bonchev–Trinajstić information content (AvgIpc) is 2.58. The fraction of sp³-hybridized carbons (Fsp3) is 0.556. The van der Waals surface area contributed by atoms with E-state index in [1.54, 1.807) is 0 Å². The number of urea groups is 1. The highest BCUT2D eigenvalue weighted by molar-refractivity contribution is 5.78. The predicted molar refractivity (Wildman–Crippen MR) is 93.1 cm³/mol. The van der Waals surface area contributed by atoms with Crippen LogP contribution in [0.5, 0.6) is 5.75 Å². The van der Waals surface area contributed by atoms with E-state index >= 15 is 0 Å². The Bertz CT molecular complexity index is 554. The second kappa shape index (κ2) is 9.15. The number of hydrogen-bond acceptors (Lipinski definition) is 3. The summed E-state index contributed by atoms with van der Waals surface area (Å²) < 4.78 is 5.51. The van der Waals surface area contributed by atoms with Crippen molar-refractivity contribution in [2.45, 2.75) is 39.2 Å². The molecule has 1 aromatic carbocycles. The van der Waals surface area contributed by atoms with E-state index in [1.165, 1.54) is 0 Å². The van der Waals surface area contributed by atoms with Gasteiger partial charge in [0.15, 0.2) is 6.61 Å². The number of likely N-dealkylation sites (tertiary alicyclic amines) is 1. The molecule has 1 saturated heterocycles. The van der Waals surface area contributed by atoms with Crippen molar-refractivity contribution in [3.8, 4) is 5.75 Å². The molecule has 1 aliphatic heterocycles. The van der Waals surface area contributed by atoms with Gasteiger partial charge in [-0.3, -0.25) is 4.79 Å². The minimum absolute atomic E-state index is 0.00981. The zero-order valence-corrected chi connectivity index (χ0v) is 14.5. The first-order chi connectivity index (χ1) is 11.6. The monoisotopic (exact) mass is 333 g/mol. The van der Waals surface area contributed by atoms with Crippen molar-refractivity contribution in [2.75, 3.05) is 26.2 Å². The Kier molecular flexibility index (Phi) is 6.90. The fourth-order valence-corrected chi connectivity index (χ4v) is 2.69. The number of rotatable bonds is 6. The van der Waals surface area contributed by atoms with Crippen molar-refractivity contribution in [2.24, 2.45) is 0 Å². The highest BCUT2D eigenvalue weighted by Crippen LogP contribution is 2.13. The van der Waals surface area contributed by atoms with Gasteiger partial charge in [-0.1, -0.05) is 19.1 Å². The van der Waals surface area contributed by atoms with E-state index in [1.807, 2.05) is 43.0 Å². The number of carbonyl (C=O) groups is 2. The number of aryl methyl sites for hydroxylation is 1. The Morgan fingerprint density at radius 1 is 1.29 bits per heavy atom. The van der Waals surface area contributed by atoms with Crippen molar-refractivity contribution in [1.82, 2.24) is 15.5 Å². The predicted octanol–water partition coefficient (Wildman–Crippen LogP) is 2.07. The number of benzene rings is 1. The molecular formula is C18H27N3O3. The molecule has 3 amide bonds. The van der Waals surface area contributed by atoms with Gasteiger partial charge < -0.3 is 20.3 Å². The first-order valence-electron chi connectivity index (χ1n) is 8.60. The average molecular weight is 333 g/mol. The van der Waals surface area contributed by atoms with Crippen LogP contribution in [-0.4, -0.2) is 49.1 Å². The van der Waals surface area contributed by atoms with Gasteiger partial charge in [-0.2, -0.15) is 0 Å². The van der Waals surface area contributed by atoms with Crippen LogP contribution in [0.2, 0.25) is 0 Å². The van der Waals surface area contributed by atoms with Gasteiger partial charge in [0.25, 0.3) is 5.91 Å². The number of carbonyl (C=O) groups excluding carboxylic acids is 2. The Morgan fingerprint density at radius 2 is 2.04 bits per heavy atom. The first-order valence-corrected chi connectivity index (χ1v) is 8.60. The van der Waals surface area contributed by atoms with Crippen LogP contribution in [0.25, 0.3) is 0 Å². The molecule has 0 unspecified atom stereocenters. The number of amides is 3. The quantitative estimate of drug-likeness (QED) is 0.837. The molecule has 1 fully saturated rings. The van der Waals surface area contributed by atoms with Crippen molar-refractivity contribution in [1.29, 1.82) is 0 Å². The minimum Gasteiger partial charge on any atom is -0.484 e. The maximum atomic E-state index is 12.0. The van der Waals surface area contributed by atoms with Crippen molar-refractivity contribution >= 4 is 11.9 Å². The smallest absolute Gasteiger partial charge is 0.317 e. The summed E-state index contributed by atoms with van der Waals surface area (Å²) in [5.41, 5.74) is 1.10. The molecule has 2 rings (SSSR count). The second-order valence-corrected chi connectivity index (χ2v) is 6.17. The normalized spacial score (nSPS) is 15.0. The van der Waals surface area contributed by atoms with Crippen LogP contribution in [0.15, 0.2) is 24.3 Å². The van der Waals surface area contributed by atoms with Gasteiger partial charge >= 0.3 is 6.03 Å². The molecule has 1 aromatic rings. The molecule has 0 bridgehead atoms. The molecule has 2 N–H and O–H groups in total. The number of nitrogens with one attached hydrogen (secondary N) is 2. The molecule has 0 atom stereocenters.